The van der Waals surface area contributed by atoms with Crippen LogP contribution in [-0.2, 0) is 10.8 Å². The second-order valence-corrected chi connectivity index (χ2v) is 14.4. The molecule has 0 aromatic heterocycles. The van der Waals surface area contributed by atoms with Crippen molar-refractivity contribution in [2.75, 3.05) is 0 Å². The molecule has 0 nitrogen and oxygen atoms in total. The zero-order chi connectivity index (χ0) is 28.4. The molecule has 40 heavy (non-hydrogen) atoms. The van der Waals surface area contributed by atoms with Gasteiger partial charge in [0.2, 0.25) is 0 Å². The lowest BCUT2D eigenvalue weighted by Gasteiger charge is -2.22. The van der Waals surface area contributed by atoms with Crippen molar-refractivity contribution in [2.45, 2.75) is 52.4 Å². The van der Waals surface area contributed by atoms with Gasteiger partial charge in [-0.3, -0.25) is 0 Å². The van der Waals surface area contributed by atoms with Crippen molar-refractivity contribution < 1.29 is 0 Å². The molecule has 0 saturated heterocycles. The average Bonchev–Trinajstić information content (AvgIpc) is 2.93. The van der Waals surface area contributed by atoms with E-state index in [9.17, 15) is 0 Å². The van der Waals surface area contributed by atoms with Crippen LogP contribution in [0, 0.1) is 0 Å². The second-order valence-electron chi connectivity index (χ2n) is 12.9. The van der Waals surface area contributed by atoms with E-state index < -0.39 is 0 Å². The fraction of sp³-hybridized carbons (Fsp3) is 0.211. The van der Waals surface area contributed by atoms with Gasteiger partial charge in [-0.05, 0) is 99.3 Å². The summed E-state index contributed by atoms with van der Waals surface area (Å²) < 4.78 is 1.07. The Bertz CT molecular complexity index is 1980. The molecular formula is C38H34ClI. The highest BCUT2D eigenvalue weighted by Gasteiger charge is 2.21. The van der Waals surface area contributed by atoms with Gasteiger partial charge >= 0.3 is 0 Å². The number of hydrogen-bond acceptors (Lipinski definition) is 0. The van der Waals surface area contributed by atoms with Crippen molar-refractivity contribution in [3.63, 3.8) is 0 Å². The van der Waals surface area contributed by atoms with Gasteiger partial charge in [-0.2, -0.15) is 0 Å². The van der Waals surface area contributed by atoms with Gasteiger partial charge < -0.3 is 0 Å². The summed E-state index contributed by atoms with van der Waals surface area (Å²) in [5.41, 5.74) is 4.99. The van der Waals surface area contributed by atoms with Crippen molar-refractivity contribution in [2.24, 2.45) is 0 Å². The summed E-state index contributed by atoms with van der Waals surface area (Å²) >= 11 is 9.98. The first-order valence-corrected chi connectivity index (χ1v) is 15.4. The van der Waals surface area contributed by atoms with Crippen LogP contribution in [-0.4, -0.2) is 0 Å². The van der Waals surface area contributed by atoms with Gasteiger partial charge in [0.1, 0.15) is 0 Å². The molecule has 6 aromatic rings. The van der Waals surface area contributed by atoms with Gasteiger partial charge in [0.15, 0.2) is 0 Å². The minimum atomic E-state index is -0.00238. The maximum Gasteiger partial charge on any atom is 0.0624 e. The Balaban J connectivity index is 1.68. The summed E-state index contributed by atoms with van der Waals surface area (Å²) in [7, 11) is 0. The summed E-state index contributed by atoms with van der Waals surface area (Å²) in [6.45, 7) is 13.6. The smallest absolute Gasteiger partial charge is 0.0624 e. The summed E-state index contributed by atoms with van der Waals surface area (Å²) in [6, 6.07) is 35.7. The monoisotopic (exact) mass is 652 g/mol. The van der Waals surface area contributed by atoms with Gasteiger partial charge in [0.05, 0.1) is 5.03 Å². The fourth-order valence-corrected chi connectivity index (χ4v) is 6.75. The van der Waals surface area contributed by atoms with Crippen molar-refractivity contribution >= 4 is 85.9 Å². The Labute approximate surface area is 256 Å². The van der Waals surface area contributed by atoms with E-state index in [4.69, 9.17) is 11.6 Å². The van der Waals surface area contributed by atoms with E-state index in [0.717, 1.165) is 14.2 Å². The molecule has 0 fully saturated rings. The number of halogens is 2. The molecule has 0 aliphatic rings. The zero-order valence-electron chi connectivity index (χ0n) is 24.0. The first-order valence-electron chi connectivity index (χ1n) is 13.9. The Morgan fingerprint density at radius 2 is 1.10 bits per heavy atom. The molecule has 6 aromatic carbocycles. The van der Waals surface area contributed by atoms with Gasteiger partial charge in [0.25, 0.3) is 0 Å². The topological polar surface area (TPSA) is 0 Å². The number of hydrogen-bond donors (Lipinski definition) is 0. The van der Waals surface area contributed by atoms with Crippen LogP contribution in [0.2, 0.25) is 0 Å². The predicted octanol–water partition coefficient (Wildman–Crippen LogP) is 12.4. The van der Waals surface area contributed by atoms with Crippen LogP contribution in [0.15, 0.2) is 97.1 Å². The molecule has 0 aliphatic carbocycles. The zero-order valence-corrected chi connectivity index (χ0v) is 26.9. The third-order valence-electron chi connectivity index (χ3n) is 8.10. The maximum absolute atomic E-state index is 7.50. The normalized spacial score (nSPS) is 13.4. The van der Waals surface area contributed by atoms with Crippen LogP contribution >= 0.6 is 34.2 Å². The Kier molecular flexibility index (Phi) is 6.75. The quantitative estimate of drug-likeness (QED) is 0.0992. The lowest BCUT2D eigenvalue weighted by Crippen LogP contribution is -2.11. The molecule has 0 heterocycles. The Hall–Kier alpha value is -2.88. The Morgan fingerprint density at radius 3 is 1.85 bits per heavy atom. The highest BCUT2D eigenvalue weighted by Crippen LogP contribution is 2.44. The summed E-state index contributed by atoms with van der Waals surface area (Å²) in [6.07, 6.45) is 0. The van der Waals surface area contributed by atoms with E-state index >= 15 is 0 Å². The van der Waals surface area contributed by atoms with Crippen molar-refractivity contribution in [3.8, 4) is 0 Å². The van der Waals surface area contributed by atoms with E-state index in [1.165, 1.54) is 59.8 Å². The minimum Gasteiger partial charge on any atom is -0.0825 e. The first kappa shape index (κ1) is 27.3. The molecule has 6 rings (SSSR count). The molecule has 0 N–H and O–H groups in total. The molecule has 0 radical (unpaired) electrons. The van der Waals surface area contributed by atoms with Crippen LogP contribution in [0.25, 0.3) is 51.7 Å². The first-order chi connectivity index (χ1) is 18.9. The van der Waals surface area contributed by atoms with Gasteiger partial charge in [-0.25, -0.2) is 0 Å². The van der Waals surface area contributed by atoms with Crippen molar-refractivity contribution in [1.29, 1.82) is 0 Å². The lowest BCUT2D eigenvalue weighted by molar-refractivity contribution is 0.591. The van der Waals surface area contributed by atoms with E-state index in [0.29, 0.717) is 0 Å². The molecule has 0 unspecified atom stereocenters. The lowest BCUT2D eigenvalue weighted by atomic mass is 9.83. The van der Waals surface area contributed by atoms with E-state index in [1.807, 2.05) is 0 Å². The minimum absolute atomic E-state index is 0.00238. The molecule has 0 atom stereocenters. The van der Waals surface area contributed by atoms with Crippen LogP contribution in [0.4, 0.5) is 0 Å². The van der Waals surface area contributed by atoms with Crippen molar-refractivity contribution in [1.82, 2.24) is 0 Å². The van der Waals surface area contributed by atoms with Crippen LogP contribution in [0.1, 0.15) is 63.8 Å². The average molecular weight is 653 g/mol. The van der Waals surface area contributed by atoms with Crippen molar-refractivity contribution in [3.05, 3.63) is 119 Å². The highest BCUT2D eigenvalue weighted by molar-refractivity contribution is 14.1. The number of benzene rings is 6. The standard InChI is InChI=1S/C38H34ClI/c1-37(2,3)27-18-19-30-25(20-27)16-15-24-11-9-13-31(33(24)30)36(40)35(39)32-22-28(38(4,5)6)21-26-17-14-23-10-7-8-12-29(23)34(26)32/h7-22H,1-6H3/b36-35+. The van der Waals surface area contributed by atoms with Crippen LogP contribution in [0.3, 0.4) is 0 Å². The third kappa shape index (κ3) is 4.72. The highest BCUT2D eigenvalue weighted by atomic mass is 127. The summed E-state index contributed by atoms with van der Waals surface area (Å²) in [5, 5.41) is 10.7. The van der Waals surface area contributed by atoms with E-state index in [-0.39, 0.29) is 10.8 Å². The molecule has 0 amide bonds. The second kappa shape index (κ2) is 9.89. The molecule has 200 valence electrons. The number of rotatable bonds is 2. The molecular weight excluding hydrogens is 619 g/mol. The maximum atomic E-state index is 7.50. The van der Waals surface area contributed by atoms with Gasteiger partial charge in [-0.1, -0.05) is 144 Å². The van der Waals surface area contributed by atoms with Gasteiger partial charge in [0, 0.05) is 9.14 Å². The van der Waals surface area contributed by atoms with Crippen LogP contribution < -0.4 is 0 Å². The van der Waals surface area contributed by atoms with E-state index in [2.05, 4.69) is 161 Å². The molecule has 0 aliphatic heterocycles. The molecule has 2 heteroatoms. The molecule has 0 spiro atoms. The summed E-state index contributed by atoms with van der Waals surface area (Å²) in [4.78, 5) is 0. The summed E-state index contributed by atoms with van der Waals surface area (Å²) in [5.74, 6) is 0. The number of fused-ring (bicyclic) bond motifs is 6. The fourth-order valence-electron chi connectivity index (χ4n) is 5.76. The third-order valence-corrected chi connectivity index (χ3v) is 9.93. The Morgan fingerprint density at radius 1 is 0.525 bits per heavy atom. The SMILES string of the molecule is CC(C)(C)c1ccc2c(ccc3cccc(/C(I)=C(\Cl)c4cc(C(C)(C)C)cc5ccc6ccccc6c45)c32)c1. The molecule has 0 saturated carbocycles. The predicted molar refractivity (Wildman–Crippen MR) is 187 cm³/mol. The van der Waals surface area contributed by atoms with Crippen LogP contribution in [0.5, 0.6) is 0 Å². The van der Waals surface area contributed by atoms with Gasteiger partial charge in [-0.15, -0.1) is 0 Å². The molecule has 0 bridgehead atoms. The van der Waals surface area contributed by atoms with E-state index in [1.54, 1.807) is 0 Å². The largest absolute Gasteiger partial charge is 0.0825 e.